The van der Waals surface area contributed by atoms with Crippen LogP contribution in [0.2, 0.25) is 0 Å². The summed E-state index contributed by atoms with van der Waals surface area (Å²) < 4.78 is 0. The molecule has 0 aromatic heterocycles. The summed E-state index contributed by atoms with van der Waals surface area (Å²) in [4.78, 5) is 21.6. The van der Waals surface area contributed by atoms with Crippen molar-refractivity contribution in [1.29, 1.82) is 0 Å². The van der Waals surface area contributed by atoms with Crippen molar-refractivity contribution in [3.63, 3.8) is 0 Å². The lowest BCUT2D eigenvalue weighted by Gasteiger charge is -2.21. The first-order valence-electron chi connectivity index (χ1n) is 4.62. The molecule has 1 aliphatic rings. The van der Waals surface area contributed by atoms with E-state index in [1.54, 1.807) is 6.92 Å². The van der Waals surface area contributed by atoms with E-state index in [1.165, 1.54) is 0 Å². The van der Waals surface area contributed by atoms with Gasteiger partial charge < -0.3 is 0 Å². The lowest BCUT2D eigenvalue weighted by molar-refractivity contribution is -0.521. The van der Waals surface area contributed by atoms with Crippen LogP contribution in [0, 0.1) is 15.5 Å². The minimum Gasteiger partial charge on any atom is -0.299 e. The van der Waals surface area contributed by atoms with Gasteiger partial charge in [0.1, 0.15) is 5.78 Å². The predicted octanol–water partition coefficient (Wildman–Crippen LogP) is 1.80. The number of hydrogen-bond acceptors (Lipinski definition) is 3. The fraction of sp³-hybridized carbons (Fsp3) is 0.889. The molecule has 0 aromatic rings. The van der Waals surface area contributed by atoms with Crippen LogP contribution < -0.4 is 0 Å². The molecule has 2 atom stereocenters. The van der Waals surface area contributed by atoms with E-state index in [4.69, 9.17) is 0 Å². The SMILES string of the molecule is C[C@@H](C[C@@]1(C)CCCC1=O)[N+](=O)[O-]. The van der Waals surface area contributed by atoms with Crippen molar-refractivity contribution >= 4 is 5.78 Å². The molecule has 0 N–H and O–H groups in total. The van der Waals surface area contributed by atoms with E-state index in [2.05, 4.69) is 0 Å². The Hall–Kier alpha value is -0.930. The van der Waals surface area contributed by atoms with Crippen molar-refractivity contribution in [3.8, 4) is 0 Å². The highest BCUT2D eigenvalue weighted by atomic mass is 16.6. The second kappa shape index (κ2) is 3.44. The highest BCUT2D eigenvalue weighted by Crippen LogP contribution is 2.38. The smallest absolute Gasteiger partial charge is 0.211 e. The Morgan fingerprint density at radius 2 is 2.31 bits per heavy atom. The molecule has 1 aliphatic carbocycles. The van der Waals surface area contributed by atoms with Gasteiger partial charge in [-0.25, -0.2) is 0 Å². The number of rotatable bonds is 3. The van der Waals surface area contributed by atoms with Gasteiger partial charge in [0.2, 0.25) is 6.04 Å². The van der Waals surface area contributed by atoms with Crippen LogP contribution >= 0.6 is 0 Å². The number of ketones is 1. The number of carbonyl (C=O) groups is 1. The molecule has 1 saturated carbocycles. The summed E-state index contributed by atoms with van der Waals surface area (Å²) in [5, 5.41) is 10.4. The van der Waals surface area contributed by atoms with Crippen molar-refractivity contribution in [3.05, 3.63) is 10.1 Å². The maximum atomic E-state index is 11.4. The molecule has 0 bridgehead atoms. The predicted molar refractivity (Wildman–Crippen MR) is 48.0 cm³/mol. The minimum atomic E-state index is -0.605. The van der Waals surface area contributed by atoms with E-state index in [1.807, 2.05) is 6.92 Å². The second-order valence-electron chi connectivity index (χ2n) is 4.18. The van der Waals surface area contributed by atoms with Crippen LogP contribution in [0.4, 0.5) is 0 Å². The van der Waals surface area contributed by atoms with Gasteiger partial charge in [-0.05, 0) is 12.8 Å². The largest absolute Gasteiger partial charge is 0.299 e. The summed E-state index contributed by atoms with van der Waals surface area (Å²) in [7, 11) is 0. The molecule has 74 valence electrons. The number of nitro groups is 1. The van der Waals surface area contributed by atoms with E-state index in [-0.39, 0.29) is 10.7 Å². The van der Waals surface area contributed by atoms with Crippen LogP contribution in [0.5, 0.6) is 0 Å². The molecule has 1 fully saturated rings. The van der Waals surface area contributed by atoms with E-state index >= 15 is 0 Å². The minimum absolute atomic E-state index is 0.196. The standard InChI is InChI=1S/C9H15NO3/c1-7(10(12)13)6-9(2)5-3-4-8(9)11/h7H,3-6H2,1-2H3/t7-,9+/m0/s1. The Bertz CT molecular complexity index is 239. The first-order valence-corrected chi connectivity index (χ1v) is 4.62. The zero-order valence-electron chi connectivity index (χ0n) is 8.08. The molecule has 0 saturated heterocycles. The van der Waals surface area contributed by atoms with Crippen molar-refractivity contribution < 1.29 is 9.72 Å². The van der Waals surface area contributed by atoms with Gasteiger partial charge in [0.15, 0.2) is 0 Å². The maximum absolute atomic E-state index is 11.4. The number of Topliss-reactive ketones (excluding diaryl/α,β-unsaturated/α-hetero) is 1. The molecule has 0 unspecified atom stereocenters. The van der Waals surface area contributed by atoms with Gasteiger partial charge in [0.25, 0.3) is 0 Å². The molecule has 4 nitrogen and oxygen atoms in total. The zero-order valence-corrected chi connectivity index (χ0v) is 8.08. The summed E-state index contributed by atoms with van der Waals surface area (Å²) in [6.07, 6.45) is 2.68. The molecule has 0 aliphatic heterocycles. The van der Waals surface area contributed by atoms with E-state index in [9.17, 15) is 14.9 Å². The molecule has 0 radical (unpaired) electrons. The third kappa shape index (κ3) is 2.05. The Labute approximate surface area is 77.5 Å². The maximum Gasteiger partial charge on any atom is 0.211 e. The molecule has 0 heterocycles. The highest BCUT2D eigenvalue weighted by molar-refractivity contribution is 5.86. The van der Waals surface area contributed by atoms with E-state index < -0.39 is 11.5 Å². The van der Waals surface area contributed by atoms with Crippen LogP contribution in [0.25, 0.3) is 0 Å². The Kier molecular flexibility index (Phi) is 2.68. The summed E-state index contributed by atoms with van der Waals surface area (Å²) in [5.41, 5.74) is -0.424. The molecule has 1 rings (SSSR count). The van der Waals surface area contributed by atoms with Crippen LogP contribution in [-0.4, -0.2) is 16.7 Å². The average Bonchev–Trinajstić information content (AvgIpc) is 2.32. The summed E-state index contributed by atoms with van der Waals surface area (Å²) >= 11 is 0. The monoisotopic (exact) mass is 185 g/mol. The third-order valence-electron chi connectivity index (χ3n) is 2.91. The van der Waals surface area contributed by atoms with E-state index in [0.717, 1.165) is 12.8 Å². The number of nitrogens with zero attached hydrogens (tertiary/aromatic N) is 1. The summed E-state index contributed by atoms with van der Waals surface area (Å²) in [6, 6.07) is -0.605. The first kappa shape index (κ1) is 10.2. The van der Waals surface area contributed by atoms with Gasteiger partial charge >= 0.3 is 0 Å². The highest BCUT2D eigenvalue weighted by Gasteiger charge is 2.40. The van der Waals surface area contributed by atoms with Gasteiger partial charge in [0.05, 0.1) is 0 Å². The van der Waals surface area contributed by atoms with Crippen molar-refractivity contribution in [2.45, 2.75) is 45.6 Å². The van der Waals surface area contributed by atoms with Gasteiger partial charge in [-0.2, -0.15) is 0 Å². The molecule has 0 aromatic carbocycles. The quantitative estimate of drug-likeness (QED) is 0.497. The second-order valence-corrected chi connectivity index (χ2v) is 4.18. The lowest BCUT2D eigenvalue weighted by atomic mass is 9.82. The Morgan fingerprint density at radius 3 is 2.69 bits per heavy atom. The molecular weight excluding hydrogens is 170 g/mol. The van der Waals surface area contributed by atoms with Gasteiger partial charge in [-0.15, -0.1) is 0 Å². The van der Waals surface area contributed by atoms with Crippen molar-refractivity contribution in [1.82, 2.24) is 0 Å². The molecule has 0 spiro atoms. The number of hydrogen-bond donors (Lipinski definition) is 0. The first-order chi connectivity index (χ1) is 5.96. The van der Waals surface area contributed by atoms with Gasteiger partial charge in [-0.3, -0.25) is 14.9 Å². The summed E-state index contributed by atoms with van der Waals surface area (Å²) in [6.45, 7) is 3.42. The Balaban J connectivity index is 2.61. The van der Waals surface area contributed by atoms with Crippen LogP contribution in [0.15, 0.2) is 0 Å². The van der Waals surface area contributed by atoms with Crippen LogP contribution in [0.3, 0.4) is 0 Å². The lowest BCUT2D eigenvalue weighted by Crippen LogP contribution is -2.29. The normalized spacial score (nSPS) is 30.5. The average molecular weight is 185 g/mol. The Morgan fingerprint density at radius 1 is 1.69 bits per heavy atom. The molecule has 13 heavy (non-hydrogen) atoms. The molecule has 4 heteroatoms. The fourth-order valence-electron chi connectivity index (χ4n) is 2.02. The number of carbonyl (C=O) groups excluding carboxylic acids is 1. The zero-order chi connectivity index (χ0) is 10.1. The van der Waals surface area contributed by atoms with Gasteiger partial charge in [0, 0.05) is 30.1 Å². The fourth-order valence-corrected chi connectivity index (χ4v) is 2.02. The summed E-state index contributed by atoms with van der Waals surface area (Å²) in [5.74, 6) is 0.196. The van der Waals surface area contributed by atoms with E-state index in [0.29, 0.717) is 12.8 Å². The van der Waals surface area contributed by atoms with Crippen molar-refractivity contribution in [2.75, 3.05) is 0 Å². The molecule has 0 amide bonds. The van der Waals surface area contributed by atoms with Crippen molar-refractivity contribution in [2.24, 2.45) is 5.41 Å². The topological polar surface area (TPSA) is 60.2 Å². The van der Waals surface area contributed by atoms with Crippen LogP contribution in [-0.2, 0) is 4.79 Å². The van der Waals surface area contributed by atoms with Gasteiger partial charge in [-0.1, -0.05) is 6.92 Å². The molecular formula is C9H15NO3. The van der Waals surface area contributed by atoms with Crippen LogP contribution in [0.1, 0.15) is 39.5 Å². The third-order valence-corrected chi connectivity index (χ3v) is 2.91.